The van der Waals surface area contributed by atoms with Gasteiger partial charge in [0.25, 0.3) is 0 Å². The summed E-state index contributed by atoms with van der Waals surface area (Å²) in [6.45, 7) is 1.82. The van der Waals surface area contributed by atoms with E-state index in [1.165, 1.54) is 0 Å². The largest absolute Gasteiger partial charge is 0.241 e. The minimum atomic E-state index is -3.52. The Morgan fingerprint density at radius 1 is 1.00 bits per heavy atom. The van der Waals surface area contributed by atoms with Gasteiger partial charge in [0, 0.05) is 15.0 Å². The highest BCUT2D eigenvalue weighted by Crippen LogP contribution is 2.21. The first kappa shape index (κ1) is 15.7. The summed E-state index contributed by atoms with van der Waals surface area (Å²) >= 11 is 6.67. The van der Waals surface area contributed by atoms with Crippen molar-refractivity contribution in [1.82, 2.24) is 4.72 Å². The number of hydrogen-bond donors (Lipinski definition) is 1. The van der Waals surface area contributed by atoms with Crippen molar-refractivity contribution in [3.8, 4) is 0 Å². The van der Waals surface area contributed by atoms with Gasteiger partial charge in [-0.25, -0.2) is 13.1 Å². The van der Waals surface area contributed by atoms with Gasteiger partial charge in [-0.3, -0.25) is 0 Å². The van der Waals surface area contributed by atoms with E-state index < -0.39 is 10.0 Å². The normalized spacial score (nSPS) is 13.2. The molecule has 1 N–H and O–H groups in total. The van der Waals surface area contributed by atoms with Crippen LogP contribution in [0, 0.1) is 0 Å². The first-order valence-electron chi connectivity index (χ1n) is 5.92. The maximum atomic E-state index is 12.3. The highest BCUT2D eigenvalue weighted by molar-refractivity contribution is 9.10. The van der Waals surface area contributed by atoms with Crippen LogP contribution < -0.4 is 4.72 Å². The Bertz CT molecular complexity index is 699. The first-order valence-corrected chi connectivity index (χ1v) is 8.99. The number of nitrogens with one attached hydrogen (secondary N) is 1. The molecule has 0 aromatic heterocycles. The summed E-state index contributed by atoms with van der Waals surface area (Å²) in [7, 11) is -3.52. The van der Waals surface area contributed by atoms with Crippen LogP contribution in [0.5, 0.6) is 0 Å². The van der Waals surface area contributed by atoms with Crippen LogP contribution in [0.15, 0.2) is 62.4 Å². The number of sulfonamides is 1. The molecule has 6 heteroatoms. The molecule has 2 aromatic carbocycles. The SMILES string of the molecule is C[C@H](NS(=O)(=O)c1ccc(Br)cc1)c1cccc(Br)c1. The van der Waals surface area contributed by atoms with Crippen LogP contribution in [0.2, 0.25) is 0 Å². The van der Waals surface area contributed by atoms with Gasteiger partial charge in [0.05, 0.1) is 4.90 Å². The summed E-state index contributed by atoms with van der Waals surface area (Å²) in [5.41, 5.74) is 0.903. The van der Waals surface area contributed by atoms with Gasteiger partial charge in [-0.1, -0.05) is 44.0 Å². The standard InChI is InChI=1S/C14H13Br2NO2S/c1-10(11-3-2-4-13(16)9-11)17-20(18,19)14-7-5-12(15)6-8-14/h2-10,17H,1H3/t10-/m0/s1. The lowest BCUT2D eigenvalue weighted by Crippen LogP contribution is -2.26. The van der Waals surface area contributed by atoms with Gasteiger partial charge < -0.3 is 0 Å². The summed E-state index contributed by atoms with van der Waals surface area (Å²) in [6.07, 6.45) is 0. The maximum Gasteiger partial charge on any atom is 0.241 e. The summed E-state index contributed by atoms with van der Waals surface area (Å²) < 4.78 is 29.0. The van der Waals surface area contributed by atoms with E-state index >= 15 is 0 Å². The van der Waals surface area contributed by atoms with Crippen LogP contribution in [0.4, 0.5) is 0 Å². The molecule has 0 aliphatic rings. The monoisotopic (exact) mass is 417 g/mol. The van der Waals surface area contributed by atoms with Crippen molar-refractivity contribution in [2.45, 2.75) is 17.9 Å². The van der Waals surface area contributed by atoms with Crippen LogP contribution in [0.1, 0.15) is 18.5 Å². The van der Waals surface area contributed by atoms with E-state index in [1.54, 1.807) is 24.3 Å². The van der Waals surface area contributed by atoms with E-state index in [-0.39, 0.29) is 10.9 Å². The van der Waals surface area contributed by atoms with E-state index in [9.17, 15) is 8.42 Å². The number of benzene rings is 2. The summed E-state index contributed by atoms with van der Waals surface area (Å²) in [6, 6.07) is 13.8. The zero-order valence-electron chi connectivity index (χ0n) is 10.7. The van der Waals surface area contributed by atoms with Crippen LogP contribution in [-0.2, 0) is 10.0 Å². The van der Waals surface area contributed by atoms with Crippen LogP contribution in [0.25, 0.3) is 0 Å². The predicted octanol–water partition coefficient (Wildman–Crippen LogP) is 4.25. The average molecular weight is 419 g/mol. The lowest BCUT2D eigenvalue weighted by molar-refractivity contribution is 0.567. The summed E-state index contributed by atoms with van der Waals surface area (Å²) in [5, 5.41) is 0. The van der Waals surface area contributed by atoms with Gasteiger partial charge >= 0.3 is 0 Å². The lowest BCUT2D eigenvalue weighted by Gasteiger charge is -2.15. The Kier molecular flexibility index (Phi) is 5.01. The molecule has 106 valence electrons. The Morgan fingerprint density at radius 3 is 2.25 bits per heavy atom. The summed E-state index contributed by atoms with van der Waals surface area (Å²) in [5.74, 6) is 0. The zero-order valence-corrected chi connectivity index (χ0v) is 14.7. The topological polar surface area (TPSA) is 46.2 Å². The number of rotatable bonds is 4. The van der Waals surface area contributed by atoms with Gasteiger partial charge in [-0.2, -0.15) is 0 Å². The van der Waals surface area contributed by atoms with Crippen molar-refractivity contribution >= 4 is 41.9 Å². The molecule has 2 aromatic rings. The minimum Gasteiger partial charge on any atom is -0.207 e. The van der Waals surface area contributed by atoms with Crippen LogP contribution >= 0.6 is 31.9 Å². The third kappa shape index (κ3) is 3.91. The highest BCUT2D eigenvalue weighted by Gasteiger charge is 2.18. The third-order valence-corrected chi connectivity index (χ3v) is 5.38. The average Bonchev–Trinajstić information content (AvgIpc) is 2.38. The smallest absolute Gasteiger partial charge is 0.207 e. The molecule has 0 bridgehead atoms. The number of halogens is 2. The Labute approximate surface area is 135 Å². The van der Waals surface area contributed by atoms with E-state index in [0.717, 1.165) is 14.5 Å². The van der Waals surface area contributed by atoms with Gasteiger partial charge in [-0.15, -0.1) is 0 Å². The molecule has 2 rings (SSSR count). The third-order valence-electron chi connectivity index (χ3n) is 2.80. The fourth-order valence-corrected chi connectivity index (χ4v) is 3.67. The van der Waals surface area contributed by atoms with Crippen molar-refractivity contribution in [2.24, 2.45) is 0 Å². The molecule has 0 heterocycles. The fourth-order valence-electron chi connectivity index (χ4n) is 1.76. The van der Waals surface area contributed by atoms with Crippen LogP contribution in [-0.4, -0.2) is 8.42 Å². The molecular weight excluding hydrogens is 406 g/mol. The molecule has 0 radical (unpaired) electrons. The Morgan fingerprint density at radius 2 is 1.65 bits per heavy atom. The van der Waals surface area contributed by atoms with E-state index in [4.69, 9.17) is 0 Å². The molecule has 0 aliphatic carbocycles. The van der Waals surface area contributed by atoms with Crippen molar-refractivity contribution in [3.05, 3.63) is 63.0 Å². The van der Waals surface area contributed by atoms with Gasteiger partial charge in [0.2, 0.25) is 10.0 Å². The molecule has 0 saturated carbocycles. The molecule has 0 amide bonds. The molecule has 0 aliphatic heterocycles. The van der Waals surface area contributed by atoms with E-state index in [1.807, 2.05) is 31.2 Å². The lowest BCUT2D eigenvalue weighted by atomic mass is 10.1. The minimum absolute atomic E-state index is 0.252. The second-order valence-electron chi connectivity index (χ2n) is 4.35. The van der Waals surface area contributed by atoms with Gasteiger partial charge in [-0.05, 0) is 48.9 Å². The fraction of sp³-hybridized carbons (Fsp3) is 0.143. The molecule has 1 atom stereocenters. The van der Waals surface area contributed by atoms with Crippen molar-refractivity contribution in [1.29, 1.82) is 0 Å². The van der Waals surface area contributed by atoms with Crippen molar-refractivity contribution in [3.63, 3.8) is 0 Å². The highest BCUT2D eigenvalue weighted by atomic mass is 79.9. The summed E-state index contributed by atoms with van der Waals surface area (Å²) in [4.78, 5) is 0.252. The van der Waals surface area contributed by atoms with Crippen molar-refractivity contribution < 1.29 is 8.42 Å². The first-order chi connectivity index (χ1) is 9.38. The number of hydrogen-bond acceptors (Lipinski definition) is 2. The maximum absolute atomic E-state index is 12.3. The Balaban J connectivity index is 2.22. The quantitative estimate of drug-likeness (QED) is 0.806. The molecule has 0 saturated heterocycles. The molecular formula is C14H13Br2NO2S. The molecule has 20 heavy (non-hydrogen) atoms. The molecule has 0 unspecified atom stereocenters. The van der Waals surface area contributed by atoms with Gasteiger partial charge in [0.15, 0.2) is 0 Å². The molecule has 0 spiro atoms. The second-order valence-corrected chi connectivity index (χ2v) is 7.90. The molecule has 3 nitrogen and oxygen atoms in total. The van der Waals surface area contributed by atoms with Crippen molar-refractivity contribution in [2.75, 3.05) is 0 Å². The van der Waals surface area contributed by atoms with E-state index in [0.29, 0.717) is 0 Å². The predicted molar refractivity (Wildman–Crippen MR) is 87.0 cm³/mol. The van der Waals surface area contributed by atoms with Gasteiger partial charge in [0.1, 0.15) is 0 Å². The second kappa shape index (κ2) is 6.39. The Hall–Kier alpha value is -0.690. The van der Waals surface area contributed by atoms with E-state index in [2.05, 4.69) is 36.6 Å². The zero-order chi connectivity index (χ0) is 14.8. The van der Waals surface area contributed by atoms with Crippen LogP contribution in [0.3, 0.4) is 0 Å². The molecule has 0 fully saturated rings.